The van der Waals surface area contributed by atoms with E-state index in [1.165, 1.54) is 17.0 Å². The fourth-order valence-electron chi connectivity index (χ4n) is 4.17. The Morgan fingerprint density at radius 2 is 1.68 bits per heavy atom. The van der Waals surface area contributed by atoms with Crippen LogP contribution in [-0.4, -0.2) is 44.3 Å². The Hall–Kier alpha value is -3.07. The van der Waals surface area contributed by atoms with Gasteiger partial charge in [0.15, 0.2) is 0 Å². The van der Waals surface area contributed by atoms with Crippen molar-refractivity contribution in [1.29, 1.82) is 0 Å². The molecular formula is C30H35Cl2N3O4S. The molecule has 0 radical (unpaired) electrons. The van der Waals surface area contributed by atoms with Crippen LogP contribution < -0.4 is 9.62 Å². The summed E-state index contributed by atoms with van der Waals surface area (Å²) in [5.74, 6) is -0.888. The van der Waals surface area contributed by atoms with Crippen molar-refractivity contribution >= 4 is 50.7 Å². The Balaban J connectivity index is 2.05. The first-order chi connectivity index (χ1) is 18.9. The minimum absolute atomic E-state index is 0.0107. The summed E-state index contributed by atoms with van der Waals surface area (Å²) in [4.78, 5) is 28.5. The molecule has 10 heteroatoms. The summed E-state index contributed by atoms with van der Waals surface area (Å²) in [6.45, 7) is 7.24. The van der Waals surface area contributed by atoms with Crippen molar-refractivity contribution in [2.75, 3.05) is 17.4 Å². The average Bonchev–Trinajstić information content (AvgIpc) is 2.92. The SMILES string of the molecule is CCCCNC(=O)[C@@H](C)N(Cc1ccc(Cl)cc1Cl)C(=O)CN(c1cc(C)ccc1C)S(=O)(=O)c1ccccc1. The molecule has 1 N–H and O–H groups in total. The molecule has 0 unspecified atom stereocenters. The topological polar surface area (TPSA) is 86.8 Å². The van der Waals surface area contributed by atoms with E-state index in [1.54, 1.807) is 56.3 Å². The van der Waals surface area contributed by atoms with Crippen molar-refractivity contribution in [2.24, 2.45) is 0 Å². The van der Waals surface area contributed by atoms with E-state index in [-0.39, 0.29) is 17.3 Å². The lowest BCUT2D eigenvalue weighted by Crippen LogP contribution is -2.51. The van der Waals surface area contributed by atoms with Crippen LogP contribution in [0.1, 0.15) is 43.4 Å². The summed E-state index contributed by atoms with van der Waals surface area (Å²) in [6, 6.07) is 17.4. The van der Waals surface area contributed by atoms with Crippen LogP contribution in [0.5, 0.6) is 0 Å². The largest absolute Gasteiger partial charge is 0.354 e. The molecule has 0 aliphatic heterocycles. The van der Waals surface area contributed by atoms with Crippen LogP contribution in [0.4, 0.5) is 5.69 Å². The van der Waals surface area contributed by atoms with Crippen LogP contribution in [0.15, 0.2) is 71.6 Å². The standard InChI is InChI=1S/C30H35Cl2N3O4S/c1-5-6-16-33-30(37)23(4)34(19-24-14-15-25(31)18-27(24)32)29(36)20-35(28-17-21(2)12-13-22(28)3)40(38,39)26-10-8-7-9-11-26/h7-15,17-18,23H,5-6,16,19-20H2,1-4H3,(H,33,37)/t23-/m1/s1. The number of sulfonamides is 1. The second-order valence-corrected chi connectivity index (χ2v) is 12.4. The Kier molecular flexibility index (Phi) is 11.0. The van der Waals surface area contributed by atoms with Gasteiger partial charge in [-0.2, -0.15) is 0 Å². The molecule has 214 valence electrons. The molecule has 0 fully saturated rings. The fourth-order valence-corrected chi connectivity index (χ4v) is 6.13. The number of halogens is 2. The highest BCUT2D eigenvalue weighted by molar-refractivity contribution is 7.92. The van der Waals surface area contributed by atoms with E-state index in [0.29, 0.717) is 33.4 Å². The third kappa shape index (κ3) is 7.77. The number of amides is 2. The number of hydrogen-bond acceptors (Lipinski definition) is 4. The highest BCUT2D eigenvalue weighted by atomic mass is 35.5. The van der Waals surface area contributed by atoms with E-state index in [1.807, 2.05) is 26.0 Å². The highest BCUT2D eigenvalue weighted by Gasteiger charge is 2.33. The first kappa shape index (κ1) is 31.5. The zero-order chi connectivity index (χ0) is 29.4. The van der Waals surface area contributed by atoms with Crippen molar-refractivity contribution in [1.82, 2.24) is 10.2 Å². The maximum Gasteiger partial charge on any atom is 0.264 e. The van der Waals surface area contributed by atoms with Crippen LogP contribution in [-0.2, 0) is 26.2 Å². The monoisotopic (exact) mass is 603 g/mol. The molecular weight excluding hydrogens is 569 g/mol. The van der Waals surface area contributed by atoms with E-state index in [9.17, 15) is 18.0 Å². The van der Waals surface area contributed by atoms with E-state index in [2.05, 4.69) is 5.32 Å². The molecule has 2 amide bonds. The van der Waals surface area contributed by atoms with Gasteiger partial charge in [-0.05, 0) is 74.2 Å². The van der Waals surface area contributed by atoms with E-state index in [0.717, 1.165) is 22.7 Å². The lowest BCUT2D eigenvalue weighted by Gasteiger charge is -2.32. The summed E-state index contributed by atoms with van der Waals surface area (Å²) in [7, 11) is -4.13. The van der Waals surface area contributed by atoms with Gasteiger partial charge < -0.3 is 10.2 Å². The van der Waals surface area contributed by atoms with Gasteiger partial charge in [-0.1, -0.05) is 72.9 Å². The number of hydrogen-bond donors (Lipinski definition) is 1. The molecule has 3 rings (SSSR count). The average molecular weight is 605 g/mol. The predicted octanol–water partition coefficient (Wildman–Crippen LogP) is 6.14. The number of rotatable bonds is 12. The first-order valence-corrected chi connectivity index (χ1v) is 15.3. The molecule has 0 saturated heterocycles. The van der Waals surface area contributed by atoms with Crippen LogP contribution in [0.25, 0.3) is 0 Å². The van der Waals surface area contributed by atoms with Crippen molar-refractivity contribution < 1.29 is 18.0 Å². The van der Waals surface area contributed by atoms with Crippen LogP contribution in [0.3, 0.4) is 0 Å². The Morgan fingerprint density at radius 3 is 2.33 bits per heavy atom. The number of benzene rings is 3. The van der Waals surface area contributed by atoms with Gasteiger partial charge in [0.1, 0.15) is 12.6 Å². The second-order valence-electron chi connectivity index (χ2n) is 9.69. The third-order valence-electron chi connectivity index (χ3n) is 6.60. The number of carbonyl (C=O) groups excluding carboxylic acids is 2. The van der Waals surface area contributed by atoms with Crippen molar-refractivity contribution in [3.05, 3.63) is 93.5 Å². The smallest absolute Gasteiger partial charge is 0.264 e. The van der Waals surface area contributed by atoms with Gasteiger partial charge in [-0.15, -0.1) is 0 Å². The Labute approximate surface area is 247 Å². The van der Waals surface area contributed by atoms with Gasteiger partial charge >= 0.3 is 0 Å². The lowest BCUT2D eigenvalue weighted by atomic mass is 10.1. The van der Waals surface area contributed by atoms with E-state index in [4.69, 9.17) is 23.2 Å². The molecule has 3 aromatic rings. The molecule has 0 bridgehead atoms. The minimum atomic E-state index is -4.13. The summed E-state index contributed by atoms with van der Waals surface area (Å²) >= 11 is 12.5. The number of anilines is 1. The summed E-state index contributed by atoms with van der Waals surface area (Å²) < 4.78 is 29.0. The summed E-state index contributed by atoms with van der Waals surface area (Å²) in [6.07, 6.45) is 1.70. The number of nitrogens with one attached hydrogen (secondary N) is 1. The van der Waals surface area contributed by atoms with E-state index >= 15 is 0 Å². The lowest BCUT2D eigenvalue weighted by molar-refractivity contribution is -0.139. The van der Waals surface area contributed by atoms with Crippen molar-refractivity contribution in [3.8, 4) is 0 Å². The molecule has 3 aromatic carbocycles. The first-order valence-electron chi connectivity index (χ1n) is 13.1. The molecule has 0 aromatic heterocycles. The number of carbonyl (C=O) groups is 2. The van der Waals surface area contributed by atoms with Gasteiger partial charge in [0.2, 0.25) is 11.8 Å². The second kappa shape index (κ2) is 14.0. The number of nitrogens with zero attached hydrogens (tertiary/aromatic N) is 2. The Morgan fingerprint density at radius 1 is 0.975 bits per heavy atom. The van der Waals surface area contributed by atoms with Gasteiger partial charge in [-0.3, -0.25) is 13.9 Å². The quantitative estimate of drug-likeness (QED) is 0.252. The molecule has 1 atom stereocenters. The number of unbranched alkanes of at least 4 members (excludes halogenated alkanes) is 1. The molecule has 0 saturated carbocycles. The molecule has 0 aliphatic carbocycles. The van der Waals surface area contributed by atoms with Crippen LogP contribution in [0, 0.1) is 13.8 Å². The normalized spacial score (nSPS) is 12.1. The van der Waals surface area contributed by atoms with Gasteiger partial charge in [0.25, 0.3) is 10.0 Å². The number of aryl methyl sites for hydroxylation is 2. The summed E-state index contributed by atoms with van der Waals surface area (Å²) in [5, 5.41) is 3.64. The maximum atomic E-state index is 14.0. The zero-order valence-electron chi connectivity index (χ0n) is 23.2. The molecule has 0 spiro atoms. The van der Waals surface area contributed by atoms with Crippen LogP contribution in [0.2, 0.25) is 10.0 Å². The predicted molar refractivity (Wildman–Crippen MR) is 161 cm³/mol. The minimum Gasteiger partial charge on any atom is -0.354 e. The van der Waals surface area contributed by atoms with Crippen molar-refractivity contribution in [2.45, 2.75) is 58.0 Å². The molecule has 7 nitrogen and oxygen atoms in total. The molecule has 0 aliphatic rings. The Bertz CT molecular complexity index is 1450. The van der Waals surface area contributed by atoms with Crippen LogP contribution >= 0.6 is 23.2 Å². The fraction of sp³-hybridized carbons (Fsp3) is 0.333. The van der Waals surface area contributed by atoms with Crippen molar-refractivity contribution in [3.63, 3.8) is 0 Å². The van der Waals surface area contributed by atoms with Gasteiger partial charge in [0.05, 0.1) is 10.6 Å². The highest BCUT2D eigenvalue weighted by Crippen LogP contribution is 2.29. The summed E-state index contributed by atoms with van der Waals surface area (Å²) in [5.41, 5.74) is 2.50. The zero-order valence-corrected chi connectivity index (χ0v) is 25.5. The van der Waals surface area contributed by atoms with E-state index < -0.39 is 28.5 Å². The maximum absolute atomic E-state index is 14.0. The van der Waals surface area contributed by atoms with Gasteiger partial charge in [0, 0.05) is 23.1 Å². The molecule has 40 heavy (non-hydrogen) atoms. The third-order valence-corrected chi connectivity index (χ3v) is 8.96. The van der Waals surface area contributed by atoms with Gasteiger partial charge in [-0.25, -0.2) is 8.42 Å². The molecule has 0 heterocycles.